The lowest BCUT2D eigenvalue weighted by atomic mass is 10.1. The molecule has 2 rings (SSSR count). The quantitative estimate of drug-likeness (QED) is 0.906. The molecular weight excluding hydrogens is 261 g/mol. The highest BCUT2D eigenvalue weighted by molar-refractivity contribution is 7.14. The maximum atomic E-state index is 14.0. The molecule has 1 unspecified atom stereocenters. The van der Waals surface area contributed by atoms with E-state index in [2.05, 4.69) is 22.4 Å². The second-order valence-electron chi connectivity index (χ2n) is 4.56. The fourth-order valence-electron chi connectivity index (χ4n) is 1.78. The Morgan fingerprint density at radius 3 is 2.89 bits per heavy atom. The van der Waals surface area contributed by atoms with Crippen LogP contribution in [0.25, 0.3) is 10.6 Å². The lowest BCUT2D eigenvalue weighted by molar-refractivity contribution is 0.564. The number of halogens is 1. The summed E-state index contributed by atoms with van der Waals surface area (Å²) in [7, 11) is 0. The summed E-state index contributed by atoms with van der Waals surface area (Å²) in [5.74, 6) is -0.209. The number of aromatic nitrogens is 2. The zero-order valence-electron chi connectivity index (χ0n) is 11.4. The highest BCUT2D eigenvalue weighted by atomic mass is 32.1. The largest absolute Gasteiger partial charge is 0.308 e. The van der Waals surface area contributed by atoms with E-state index < -0.39 is 0 Å². The van der Waals surface area contributed by atoms with Crippen molar-refractivity contribution in [3.8, 4) is 10.6 Å². The van der Waals surface area contributed by atoms with Crippen LogP contribution in [0.3, 0.4) is 0 Å². The first-order valence-corrected chi connectivity index (χ1v) is 7.27. The summed E-state index contributed by atoms with van der Waals surface area (Å²) in [5.41, 5.74) is 1.16. The smallest absolute Gasteiger partial charge is 0.150 e. The molecule has 1 aromatic heterocycles. The number of rotatable bonds is 5. The second-order valence-corrected chi connectivity index (χ2v) is 5.57. The molecule has 0 aliphatic heterocycles. The molecule has 3 nitrogen and oxygen atoms in total. The Balaban J connectivity index is 2.23. The van der Waals surface area contributed by atoms with E-state index in [0.717, 1.165) is 18.0 Å². The van der Waals surface area contributed by atoms with E-state index in [9.17, 15) is 4.39 Å². The molecule has 1 heterocycles. The van der Waals surface area contributed by atoms with E-state index >= 15 is 0 Å². The first-order chi connectivity index (χ1) is 9.13. The Morgan fingerprint density at radius 1 is 1.37 bits per heavy atom. The number of hydrogen-bond donors (Lipinski definition) is 1. The van der Waals surface area contributed by atoms with Gasteiger partial charge in [-0.15, -0.1) is 10.2 Å². The topological polar surface area (TPSA) is 37.8 Å². The first-order valence-electron chi connectivity index (χ1n) is 6.45. The van der Waals surface area contributed by atoms with Crippen LogP contribution in [0.5, 0.6) is 0 Å². The molecule has 5 heteroatoms. The molecule has 1 aromatic carbocycles. The van der Waals surface area contributed by atoms with Crippen LogP contribution in [0, 0.1) is 12.7 Å². The van der Waals surface area contributed by atoms with Crippen LogP contribution < -0.4 is 5.32 Å². The van der Waals surface area contributed by atoms with Gasteiger partial charge >= 0.3 is 0 Å². The summed E-state index contributed by atoms with van der Waals surface area (Å²) in [5, 5.41) is 13.1. The molecule has 0 saturated heterocycles. The van der Waals surface area contributed by atoms with Crippen molar-refractivity contribution in [2.75, 3.05) is 6.54 Å². The average molecular weight is 279 g/mol. The van der Waals surface area contributed by atoms with Crippen molar-refractivity contribution < 1.29 is 4.39 Å². The van der Waals surface area contributed by atoms with Crippen molar-refractivity contribution in [1.29, 1.82) is 0 Å². The average Bonchev–Trinajstić information content (AvgIpc) is 2.88. The molecule has 0 amide bonds. The summed E-state index contributed by atoms with van der Waals surface area (Å²) < 4.78 is 14.0. The van der Waals surface area contributed by atoms with Crippen LogP contribution in [0.15, 0.2) is 18.2 Å². The lowest BCUT2D eigenvalue weighted by Gasteiger charge is -2.08. The maximum absolute atomic E-state index is 14.0. The number of benzene rings is 1. The van der Waals surface area contributed by atoms with Crippen LogP contribution in [-0.4, -0.2) is 16.7 Å². The van der Waals surface area contributed by atoms with Crippen LogP contribution in [0.2, 0.25) is 0 Å². The minimum absolute atomic E-state index is 0.152. The normalized spacial score (nSPS) is 12.6. The summed E-state index contributed by atoms with van der Waals surface area (Å²) in [6.45, 7) is 6.86. The Hall–Kier alpha value is -1.33. The van der Waals surface area contributed by atoms with Gasteiger partial charge in [-0.25, -0.2) is 4.39 Å². The summed E-state index contributed by atoms with van der Waals surface area (Å²) in [6.07, 6.45) is 1.07. The second kappa shape index (κ2) is 6.21. The van der Waals surface area contributed by atoms with Crippen LogP contribution in [-0.2, 0) is 0 Å². The fraction of sp³-hybridized carbons (Fsp3) is 0.429. The number of hydrogen-bond acceptors (Lipinski definition) is 4. The van der Waals surface area contributed by atoms with Gasteiger partial charge in [-0.3, -0.25) is 0 Å². The van der Waals surface area contributed by atoms with Gasteiger partial charge in [-0.05, 0) is 38.4 Å². The molecule has 1 N–H and O–H groups in total. The van der Waals surface area contributed by atoms with Crippen molar-refractivity contribution in [2.45, 2.75) is 33.2 Å². The van der Waals surface area contributed by atoms with Crippen LogP contribution in [0.4, 0.5) is 4.39 Å². The Morgan fingerprint density at radius 2 is 2.16 bits per heavy atom. The molecular formula is C14H18FN3S. The Labute approximate surface area is 116 Å². The van der Waals surface area contributed by atoms with E-state index in [-0.39, 0.29) is 11.9 Å². The SMILES string of the molecule is CCCNC(C)c1nnc(-c2cccc(C)c2F)s1. The molecule has 0 radical (unpaired) electrons. The zero-order chi connectivity index (χ0) is 13.8. The zero-order valence-corrected chi connectivity index (χ0v) is 12.2. The minimum atomic E-state index is -0.209. The molecule has 102 valence electrons. The third kappa shape index (κ3) is 3.16. The predicted octanol–water partition coefficient (Wildman–Crippen LogP) is 3.71. The minimum Gasteiger partial charge on any atom is -0.308 e. The number of aryl methyl sites for hydroxylation is 1. The number of nitrogens with zero attached hydrogens (tertiary/aromatic N) is 2. The summed E-state index contributed by atoms with van der Waals surface area (Å²) in [6, 6.07) is 5.50. The molecule has 1 atom stereocenters. The fourth-order valence-corrected chi connectivity index (χ4v) is 2.67. The van der Waals surface area contributed by atoms with Crippen molar-refractivity contribution >= 4 is 11.3 Å². The molecule has 0 bridgehead atoms. The van der Waals surface area contributed by atoms with Gasteiger partial charge in [0.05, 0.1) is 6.04 Å². The third-order valence-electron chi connectivity index (χ3n) is 2.93. The van der Waals surface area contributed by atoms with Gasteiger partial charge in [0.15, 0.2) is 5.01 Å². The van der Waals surface area contributed by atoms with Crippen molar-refractivity contribution in [1.82, 2.24) is 15.5 Å². The molecule has 0 spiro atoms. The first kappa shape index (κ1) is 14.1. The molecule has 0 fully saturated rings. The Bertz CT molecular complexity index is 553. The highest BCUT2D eigenvalue weighted by Gasteiger charge is 2.15. The van der Waals surface area contributed by atoms with E-state index in [4.69, 9.17) is 0 Å². The predicted molar refractivity (Wildman–Crippen MR) is 76.7 cm³/mol. The van der Waals surface area contributed by atoms with Crippen LogP contribution >= 0.6 is 11.3 Å². The van der Waals surface area contributed by atoms with E-state index in [0.29, 0.717) is 16.1 Å². The monoisotopic (exact) mass is 279 g/mol. The number of nitrogens with one attached hydrogen (secondary N) is 1. The standard InChI is InChI=1S/C14H18FN3S/c1-4-8-16-10(3)13-17-18-14(19-13)11-7-5-6-9(2)12(11)15/h5-7,10,16H,4,8H2,1-3H3. The highest BCUT2D eigenvalue weighted by Crippen LogP contribution is 2.29. The molecule has 0 saturated carbocycles. The van der Waals surface area contributed by atoms with Crippen molar-refractivity contribution in [3.05, 3.63) is 34.6 Å². The maximum Gasteiger partial charge on any atom is 0.150 e. The molecule has 0 aliphatic rings. The molecule has 2 aromatic rings. The molecule has 0 aliphatic carbocycles. The van der Waals surface area contributed by atoms with Gasteiger partial charge in [0.25, 0.3) is 0 Å². The van der Waals surface area contributed by atoms with Crippen molar-refractivity contribution in [3.63, 3.8) is 0 Å². The molecule has 19 heavy (non-hydrogen) atoms. The van der Waals surface area contributed by atoms with Gasteiger partial charge in [0.1, 0.15) is 10.8 Å². The lowest BCUT2D eigenvalue weighted by Crippen LogP contribution is -2.18. The van der Waals surface area contributed by atoms with Crippen molar-refractivity contribution in [2.24, 2.45) is 0 Å². The van der Waals surface area contributed by atoms with E-state index in [1.165, 1.54) is 11.3 Å². The van der Waals surface area contributed by atoms with E-state index in [1.807, 2.05) is 13.0 Å². The Kier molecular flexibility index (Phi) is 4.61. The van der Waals surface area contributed by atoms with Gasteiger partial charge < -0.3 is 5.32 Å². The van der Waals surface area contributed by atoms with E-state index in [1.54, 1.807) is 19.1 Å². The van der Waals surface area contributed by atoms with Gasteiger partial charge in [0.2, 0.25) is 0 Å². The van der Waals surface area contributed by atoms with Gasteiger partial charge in [0, 0.05) is 5.56 Å². The van der Waals surface area contributed by atoms with Gasteiger partial charge in [-0.1, -0.05) is 30.4 Å². The summed E-state index contributed by atoms with van der Waals surface area (Å²) in [4.78, 5) is 0. The third-order valence-corrected chi connectivity index (χ3v) is 4.07. The van der Waals surface area contributed by atoms with Gasteiger partial charge in [-0.2, -0.15) is 0 Å². The van der Waals surface area contributed by atoms with Crippen LogP contribution in [0.1, 0.15) is 36.9 Å². The summed E-state index contributed by atoms with van der Waals surface area (Å²) >= 11 is 1.44.